The molecule has 2 rings (SSSR count). The summed E-state index contributed by atoms with van der Waals surface area (Å²) in [5, 5.41) is 15.8. The van der Waals surface area contributed by atoms with Crippen molar-refractivity contribution in [1.82, 2.24) is 10.6 Å². The molecular formula is C13H24N2O2. The molecule has 0 unspecified atom stereocenters. The predicted octanol–water partition coefficient (Wildman–Crippen LogP) is 0.797. The van der Waals surface area contributed by atoms with Crippen molar-refractivity contribution in [1.29, 1.82) is 0 Å². The van der Waals surface area contributed by atoms with Gasteiger partial charge in [-0.2, -0.15) is 0 Å². The fourth-order valence-electron chi connectivity index (χ4n) is 3.07. The van der Waals surface area contributed by atoms with Gasteiger partial charge in [0.15, 0.2) is 0 Å². The summed E-state index contributed by atoms with van der Waals surface area (Å²) in [6.45, 7) is 2.15. The van der Waals surface area contributed by atoms with Crippen molar-refractivity contribution in [2.75, 3.05) is 19.7 Å². The number of aliphatic hydroxyl groups is 1. The van der Waals surface area contributed by atoms with Crippen molar-refractivity contribution in [2.45, 2.75) is 50.5 Å². The Balaban J connectivity index is 1.79. The van der Waals surface area contributed by atoms with Crippen LogP contribution in [0.4, 0.5) is 0 Å². The molecule has 0 aromatic heterocycles. The quantitative estimate of drug-likeness (QED) is 0.681. The number of aliphatic hydroxyl groups excluding tert-OH is 1. The molecule has 2 aliphatic rings. The molecule has 0 aromatic rings. The lowest BCUT2D eigenvalue weighted by Crippen LogP contribution is -2.49. The fourth-order valence-corrected chi connectivity index (χ4v) is 3.07. The highest BCUT2D eigenvalue weighted by atomic mass is 16.3. The average molecular weight is 240 g/mol. The van der Waals surface area contributed by atoms with Crippen LogP contribution in [0.1, 0.15) is 44.9 Å². The van der Waals surface area contributed by atoms with Gasteiger partial charge in [0.05, 0.1) is 12.1 Å². The van der Waals surface area contributed by atoms with Crippen molar-refractivity contribution in [2.24, 2.45) is 5.92 Å². The van der Waals surface area contributed by atoms with Crippen molar-refractivity contribution in [3.8, 4) is 0 Å². The summed E-state index contributed by atoms with van der Waals surface area (Å²) in [4.78, 5) is 12.0. The van der Waals surface area contributed by atoms with Crippen LogP contribution in [0.3, 0.4) is 0 Å². The molecule has 1 aliphatic carbocycles. The number of carbonyl (C=O) groups excluding carboxylic acids is 1. The smallest absolute Gasteiger partial charge is 0.220 e. The second-order valence-electron chi connectivity index (χ2n) is 5.59. The molecule has 1 amide bonds. The molecule has 3 N–H and O–H groups in total. The van der Waals surface area contributed by atoms with E-state index >= 15 is 0 Å². The van der Waals surface area contributed by atoms with Gasteiger partial charge in [0.25, 0.3) is 0 Å². The Hall–Kier alpha value is -0.610. The third-order valence-electron chi connectivity index (χ3n) is 4.20. The van der Waals surface area contributed by atoms with Gasteiger partial charge in [-0.05, 0) is 44.7 Å². The maximum absolute atomic E-state index is 12.0. The van der Waals surface area contributed by atoms with Crippen LogP contribution in [-0.2, 0) is 4.79 Å². The minimum absolute atomic E-state index is 0.0883. The minimum Gasteiger partial charge on any atom is -0.394 e. The summed E-state index contributed by atoms with van der Waals surface area (Å²) in [7, 11) is 0. The Morgan fingerprint density at radius 1 is 1.29 bits per heavy atom. The summed E-state index contributed by atoms with van der Waals surface area (Å²) in [5.41, 5.74) is -0.302. The number of rotatable bonds is 4. The Morgan fingerprint density at radius 2 is 1.94 bits per heavy atom. The first kappa shape index (κ1) is 12.8. The zero-order valence-electron chi connectivity index (χ0n) is 10.5. The molecule has 1 aliphatic heterocycles. The standard InChI is InChI=1S/C13H24N2O2/c16-10-13(5-1-2-6-13)15-12(17)9-11-3-7-14-8-4-11/h11,14,16H,1-10H2,(H,15,17). The second-order valence-corrected chi connectivity index (χ2v) is 5.59. The number of hydrogen-bond donors (Lipinski definition) is 3. The zero-order valence-corrected chi connectivity index (χ0v) is 10.5. The number of nitrogens with one attached hydrogen (secondary N) is 2. The molecule has 0 spiro atoms. The van der Waals surface area contributed by atoms with Gasteiger partial charge in [0.1, 0.15) is 0 Å². The monoisotopic (exact) mass is 240 g/mol. The molecule has 0 bridgehead atoms. The molecule has 1 heterocycles. The van der Waals surface area contributed by atoms with Gasteiger partial charge in [-0.25, -0.2) is 0 Å². The van der Waals surface area contributed by atoms with Gasteiger partial charge in [-0.15, -0.1) is 0 Å². The average Bonchev–Trinajstić information content (AvgIpc) is 2.79. The molecule has 98 valence electrons. The van der Waals surface area contributed by atoms with Gasteiger partial charge >= 0.3 is 0 Å². The summed E-state index contributed by atoms with van der Waals surface area (Å²) >= 11 is 0. The highest BCUT2D eigenvalue weighted by Gasteiger charge is 2.34. The molecule has 0 atom stereocenters. The van der Waals surface area contributed by atoms with E-state index in [1.807, 2.05) is 0 Å². The van der Waals surface area contributed by atoms with Crippen LogP contribution in [0.5, 0.6) is 0 Å². The van der Waals surface area contributed by atoms with E-state index in [0.29, 0.717) is 12.3 Å². The van der Waals surface area contributed by atoms with E-state index in [1.54, 1.807) is 0 Å². The van der Waals surface area contributed by atoms with E-state index in [4.69, 9.17) is 0 Å². The SMILES string of the molecule is O=C(CC1CCNCC1)NC1(CO)CCCC1. The summed E-state index contributed by atoms with van der Waals surface area (Å²) in [5.74, 6) is 0.654. The number of piperidine rings is 1. The van der Waals surface area contributed by atoms with Crippen LogP contribution < -0.4 is 10.6 Å². The van der Waals surface area contributed by atoms with E-state index in [2.05, 4.69) is 10.6 Å². The maximum Gasteiger partial charge on any atom is 0.220 e. The highest BCUT2D eigenvalue weighted by Crippen LogP contribution is 2.29. The Labute approximate surface area is 103 Å². The third kappa shape index (κ3) is 3.42. The lowest BCUT2D eigenvalue weighted by atomic mass is 9.93. The van der Waals surface area contributed by atoms with Crippen molar-refractivity contribution in [3.05, 3.63) is 0 Å². The molecule has 4 heteroatoms. The topological polar surface area (TPSA) is 61.4 Å². The number of carbonyl (C=O) groups is 1. The van der Waals surface area contributed by atoms with Crippen LogP contribution in [0.15, 0.2) is 0 Å². The first-order valence-corrected chi connectivity index (χ1v) is 6.87. The predicted molar refractivity (Wildman–Crippen MR) is 66.6 cm³/mol. The van der Waals surface area contributed by atoms with Gasteiger partial charge in [-0.3, -0.25) is 4.79 Å². The van der Waals surface area contributed by atoms with Crippen LogP contribution in [0, 0.1) is 5.92 Å². The molecule has 17 heavy (non-hydrogen) atoms. The van der Waals surface area contributed by atoms with Crippen molar-refractivity contribution in [3.63, 3.8) is 0 Å². The largest absolute Gasteiger partial charge is 0.394 e. The normalized spacial score (nSPS) is 24.8. The second kappa shape index (κ2) is 5.83. The van der Waals surface area contributed by atoms with Crippen LogP contribution in [0.25, 0.3) is 0 Å². The Morgan fingerprint density at radius 3 is 2.53 bits per heavy atom. The third-order valence-corrected chi connectivity index (χ3v) is 4.20. The summed E-state index contributed by atoms with van der Waals surface area (Å²) in [6.07, 6.45) is 6.92. The van der Waals surface area contributed by atoms with E-state index < -0.39 is 0 Å². The lowest BCUT2D eigenvalue weighted by Gasteiger charge is -2.29. The first-order valence-electron chi connectivity index (χ1n) is 6.87. The molecule has 4 nitrogen and oxygen atoms in total. The van der Waals surface area contributed by atoms with E-state index in [-0.39, 0.29) is 18.1 Å². The molecule has 1 saturated carbocycles. The van der Waals surface area contributed by atoms with E-state index in [9.17, 15) is 9.90 Å². The van der Waals surface area contributed by atoms with Crippen molar-refractivity contribution >= 4 is 5.91 Å². The summed E-state index contributed by atoms with van der Waals surface area (Å²) < 4.78 is 0. The minimum atomic E-state index is -0.302. The van der Waals surface area contributed by atoms with Gasteiger partial charge in [0, 0.05) is 6.42 Å². The van der Waals surface area contributed by atoms with Gasteiger partial charge in [-0.1, -0.05) is 12.8 Å². The van der Waals surface area contributed by atoms with Gasteiger partial charge < -0.3 is 15.7 Å². The number of hydrogen-bond acceptors (Lipinski definition) is 3. The highest BCUT2D eigenvalue weighted by molar-refractivity contribution is 5.77. The zero-order chi connectivity index (χ0) is 12.1. The lowest BCUT2D eigenvalue weighted by molar-refractivity contribution is -0.124. The Bertz CT molecular complexity index is 256. The van der Waals surface area contributed by atoms with Crippen LogP contribution in [-0.4, -0.2) is 36.2 Å². The molecule has 2 fully saturated rings. The molecular weight excluding hydrogens is 216 g/mol. The number of amides is 1. The maximum atomic E-state index is 12.0. The molecule has 0 radical (unpaired) electrons. The first-order chi connectivity index (χ1) is 8.24. The molecule has 1 saturated heterocycles. The van der Waals surface area contributed by atoms with E-state index in [0.717, 1.165) is 51.6 Å². The van der Waals surface area contributed by atoms with E-state index in [1.165, 1.54) is 0 Å². The van der Waals surface area contributed by atoms with Crippen LogP contribution in [0.2, 0.25) is 0 Å². The fraction of sp³-hybridized carbons (Fsp3) is 0.923. The molecule has 0 aromatic carbocycles. The van der Waals surface area contributed by atoms with Gasteiger partial charge in [0.2, 0.25) is 5.91 Å². The van der Waals surface area contributed by atoms with Crippen molar-refractivity contribution < 1.29 is 9.90 Å². The summed E-state index contributed by atoms with van der Waals surface area (Å²) in [6, 6.07) is 0. The van der Waals surface area contributed by atoms with Crippen LogP contribution >= 0.6 is 0 Å². The Kier molecular flexibility index (Phi) is 4.40.